The molecule has 0 amide bonds. The van der Waals surface area contributed by atoms with Gasteiger partial charge in [-0.05, 0) is 55.9 Å². The largest absolute Gasteiger partial charge is 0.506 e. The molecule has 39 heavy (non-hydrogen) atoms. The Labute approximate surface area is 226 Å². The molecule has 0 unspecified atom stereocenters. The molecule has 1 saturated carbocycles. The summed E-state index contributed by atoms with van der Waals surface area (Å²) >= 11 is 0.743. The zero-order valence-corrected chi connectivity index (χ0v) is 21.8. The molecule has 6 rings (SSSR count). The summed E-state index contributed by atoms with van der Waals surface area (Å²) < 4.78 is 14.0. The number of halogens is 1. The number of allylic oxidation sites excluding steroid dienone is 1. The lowest BCUT2D eigenvalue weighted by Gasteiger charge is -2.06. The van der Waals surface area contributed by atoms with E-state index in [1.807, 2.05) is 25.1 Å². The van der Waals surface area contributed by atoms with Crippen LogP contribution in [0.1, 0.15) is 61.8 Å². The number of thiophene rings is 1. The third kappa shape index (κ3) is 4.24. The van der Waals surface area contributed by atoms with Crippen molar-refractivity contribution >= 4 is 44.9 Å². The average Bonchev–Trinajstić information content (AvgIpc) is 3.43. The number of aliphatic hydroxyl groups is 1. The lowest BCUT2D eigenvalue weighted by atomic mass is 9.97. The molecule has 0 spiro atoms. The molecule has 198 valence electrons. The molecular formula is C30H25FN2O5S. The summed E-state index contributed by atoms with van der Waals surface area (Å²) in [6.45, 7) is 1.80. The Morgan fingerprint density at radius 1 is 1.13 bits per heavy atom. The number of aromatic hydroxyl groups is 1. The zero-order chi connectivity index (χ0) is 27.4. The molecule has 0 radical (unpaired) electrons. The van der Waals surface area contributed by atoms with Gasteiger partial charge >= 0.3 is 5.97 Å². The molecule has 7 nitrogen and oxygen atoms in total. The minimum absolute atomic E-state index is 0.0375. The molecule has 5 N–H and O–H groups in total. The van der Waals surface area contributed by atoms with Gasteiger partial charge < -0.3 is 25.3 Å². The summed E-state index contributed by atoms with van der Waals surface area (Å²) in [6.07, 6.45) is 5.83. The fraction of sp³-hybridized carbons (Fsp3) is 0.200. The summed E-state index contributed by atoms with van der Waals surface area (Å²) in [5.41, 5.74) is 4.68. The minimum Gasteiger partial charge on any atom is -0.506 e. The van der Waals surface area contributed by atoms with Crippen LogP contribution in [0.5, 0.6) is 5.75 Å². The highest BCUT2D eigenvalue weighted by Crippen LogP contribution is 2.52. The van der Waals surface area contributed by atoms with E-state index in [-0.39, 0.29) is 33.6 Å². The van der Waals surface area contributed by atoms with Crippen molar-refractivity contribution in [3.63, 3.8) is 0 Å². The number of carbonyl (C=O) groups excluding carboxylic acids is 1. The van der Waals surface area contributed by atoms with Gasteiger partial charge in [-0.3, -0.25) is 4.79 Å². The first-order chi connectivity index (χ1) is 18.8. The standard InChI is InChI=1S/C30H25FN2O5S/c1-14(13-34)5-6-15-3-2-4-18-20(12-32-24(15)18)26(35)29-27(36)23(28(39-29)30(37)38)22-19-10-9-17(31)11-21(19)33-25(22)16-7-8-16/h2-5,9-12,16,32-34,36H,6-8,13H2,1H3,(H,37,38). The van der Waals surface area contributed by atoms with Gasteiger partial charge in [0.25, 0.3) is 0 Å². The van der Waals surface area contributed by atoms with Crippen molar-refractivity contribution in [2.24, 2.45) is 0 Å². The number of para-hydroxylation sites is 1. The number of nitrogens with one attached hydrogen (secondary N) is 2. The molecular weight excluding hydrogens is 519 g/mol. The maximum atomic E-state index is 14.0. The predicted molar refractivity (Wildman–Crippen MR) is 148 cm³/mol. The topological polar surface area (TPSA) is 126 Å². The first-order valence-electron chi connectivity index (χ1n) is 12.6. The van der Waals surface area contributed by atoms with Gasteiger partial charge in [0.05, 0.1) is 12.2 Å². The van der Waals surface area contributed by atoms with Crippen LogP contribution in [0.25, 0.3) is 32.9 Å². The Morgan fingerprint density at radius 2 is 1.92 bits per heavy atom. The third-order valence-electron chi connectivity index (χ3n) is 7.27. The number of rotatable bonds is 8. The van der Waals surface area contributed by atoms with Crippen LogP contribution < -0.4 is 0 Å². The molecule has 1 fully saturated rings. The SMILES string of the molecule is CC(=CCc1cccc2c(C(=O)c3sc(C(=O)O)c(-c4c(C5CC5)[nH]c5cc(F)ccc45)c3O)c[nH]c12)CO. The number of carbonyl (C=O) groups is 2. The van der Waals surface area contributed by atoms with Gasteiger partial charge in [0.1, 0.15) is 21.3 Å². The van der Waals surface area contributed by atoms with E-state index < -0.39 is 17.6 Å². The van der Waals surface area contributed by atoms with E-state index in [4.69, 9.17) is 0 Å². The highest BCUT2D eigenvalue weighted by molar-refractivity contribution is 7.17. The maximum Gasteiger partial charge on any atom is 0.346 e. The Morgan fingerprint density at radius 3 is 2.64 bits per heavy atom. The lowest BCUT2D eigenvalue weighted by molar-refractivity contribution is 0.0702. The fourth-order valence-corrected chi connectivity index (χ4v) is 6.14. The summed E-state index contributed by atoms with van der Waals surface area (Å²) in [4.78, 5) is 32.3. The molecule has 9 heteroatoms. The molecule has 3 aromatic heterocycles. The quantitative estimate of drug-likeness (QED) is 0.112. The number of aromatic nitrogens is 2. The zero-order valence-electron chi connectivity index (χ0n) is 21.0. The highest BCUT2D eigenvalue weighted by Gasteiger charge is 2.35. The Hall–Kier alpha value is -4.21. The van der Waals surface area contributed by atoms with Crippen LogP contribution in [-0.2, 0) is 6.42 Å². The fourth-order valence-electron chi connectivity index (χ4n) is 5.14. The van der Waals surface area contributed by atoms with Gasteiger partial charge in [-0.1, -0.05) is 29.8 Å². The van der Waals surface area contributed by atoms with Crippen LogP contribution in [0.3, 0.4) is 0 Å². The number of aliphatic hydroxyl groups excluding tert-OH is 1. The normalized spacial score (nSPS) is 14.0. The van der Waals surface area contributed by atoms with Crippen LogP contribution >= 0.6 is 11.3 Å². The third-order valence-corrected chi connectivity index (χ3v) is 8.44. The van der Waals surface area contributed by atoms with Crippen molar-refractivity contribution in [1.82, 2.24) is 9.97 Å². The van der Waals surface area contributed by atoms with Gasteiger partial charge in [-0.2, -0.15) is 0 Å². The number of hydrogen-bond donors (Lipinski definition) is 5. The summed E-state index contributed by atoms with van der Waals surface area (Å²) in [5, 5.41) is 32.1. The van der Waals surface area contributed by atoms with Crippen molar-refractivity contribution in [1.29, 1.82) is 0 Å². The Bertz CT molecular complexity index is 1820. The molecule has 2 aromatic carbocycles. The first-order valence-corrected chi connectivity index (χ1v) is 13.4. The number of aromatic amines is 2. The molecule has 1 aliphatic rings. The Kier molecular flexibility index (Phi) is 6.12. The van der Waals surface area contributed by atoms with E-state index in [1.165, 1.54) is 12.1 Å². The smallest absolute Gasteiger partial charge is 0.346 e. The van der Waals surface area contributed by atoms with Gasteiger partial charge in [0.2, 0.25) is 5.78 Å². The van der Waals surface area contributed by atoms with E-state index in [0.29, 0.717) is 33.8 Å². The summed E-state index contributed by atoms with van der Waals surface area (Å²) in [7, 11) is 0. The van der Waals surface area contributed by atoms with E-state index in [2.05, 4.69) is 9.97 Å². The van der Waals surface area contributed by atoms with Crippen LogP contribution in [0.2, 0.25) is 0 Å². The molecule has 5 aromatic rings. The maximum absolute atomic E-state index is 14.0. The number of aromatic carboxylic acids is 1. The van der Waals surface area contributed by atoms with Gasteiger partial charge in [0, 0.05) is 44.8 Å². The van der Waals surface area contributed by atoms with E-state index in [9.17, 15) is 29.3 Å². The minimum atomic E-state index is -1.25. The van der Waals surface area contributed by atoms with Crippen LogP contribution in [0.15, 0.2) is 54.2 Å². The number of carboxylic acid groups (broad SMARTS) is 1. The van der Waals surface area contributed by atoms with Crippen molar-refractivity contribution in [2.45, 2.75) is 32.1 Å². The summed E-state index contributed by atoms with van der Waals surface area (Å²) in [6, 6.07) is 9.78. The second kappa shape index (κ2) is 9.52. The van der Waals surface area contributed by atoms with Crippen molar-refractivity contribution < 1.29 is 29.3 Å². The van der Waals surface area contributed by atoms with Crippen LogP contribution in [0.4, 0.5) is 4.39 Å². The molecule has 1 aliphatic carbocycles. The summed E-state index contributed by atoms with van der Waals surface area (Å²) in [5.74, 6) is -2.42. The molecule has 0 aliphatic heterocycles. The van der Waals surface area contributed by atoms with E-state index in [1.54, 1.807) is 18.3 Å². The van der Waals surface area contributed by atoms with Crippen LogP contribution in [0, 0.1) is 5.82 Å². The van der Waals surface area contributed by atoms with E-state index in [0.717, 1.165) is 46.5 Å². The molecule has 0 bridgehead atoms. The van der Waals surface area contributed by atoms with Crippen molar-refractivity contribution in [3.05, 3.63) is 86.6 Å². The number of benzene rings is 2. The van der Waals surface area contributed by atoms with Crippen molar-refractivity contribution in [2.75, 3.05) is 6.61 Å². The number of hydrogen-bond acceptors (Lipinski definition) is 5. The second-order valence-corrected chi connectivity index (χ2v) is 11.0. The Balaban J connectivity index is 1.50. The van der Waals surface area contributed by atoms with Gasteiger partial charge in [-0.15, -0.1) is 11.3 Å². The molecule has 3 heterocycles. The number of H-pyrrole nitrogens is 2. The average molecular weight is 545 g/mol. The first kappa shape index (κ1) is 25.1. The van der Waals surface area contributed by atoms with Gasteiger partial charge in [0.15, 0.2) is 0 Å². The van der Waals surface area contributed by atoms with Crippen LogP contribution in [-0.4, -0.2) is 43.6 Å². The van der Waals surface area contributed by atoms with E-state index >= 15 is 0 Å². The predicted octanol–water partition coefficient (Wildman–Crippen LogP) is 6.51. The number of carboxylic acids is 1. The lowest BCUT2D eigenvalue weighted by Crippen LogP contribution is -1.98. The number of ketones is 1. The highest BCUT2D eigenvalue weighted by atomic mass is 32.1. The monoisotopic (exact) mass is 544 g/mol. The van der Waals surface area contributed by atoms with Gasteiger partial charge in [-0.25, -0.2) is 9.18 Å². The second-order valence-electron chi connectivity index (χ2n) is 9.95. The van der Waals surface area contributed by atoms with Crippen molar-refractivity contribution in [3.8, 4) is 16.9 Å². The molecule has 0 atom stereocenters. The number of fused-ring (bicyclic) bond motifs is 2. The molecule has 0 saturated heterocycles.